The number of para-hydroxylation sites is 1. The number of benzene rings is 1. The maximum absolute atomic E-state index is 12.5. The van der Waals surface area contributed by atoms with Crippen molar-refractivity contribution < 1.29 is 9.53 Å². The Morgan fingerprint density at radius 3 is 2.35 bits per heavy atom. The summed E-state index contributed by atoms with van der Waals surface area (Å²) >= 11 is 0. The third-order valence-electron chi connectivity index (χ3n) is 3.81. The van der Waals surface area contributed by atoms with Crippen LogP contribution in [-0.4, -0.2) is 20.4 Å². The number of nitrogens with zero attached hydrogens (tertiary/aromatic N) is 3. The van der Waals surface area contributed by atoms with E-state index in [1.165, 1.54) is 10.6 Å². The minimum absolute atomic E-state index is 0.0541. The van der Waals surface area contributed by atoms with Crippen LogP contribution in [0.2, 0.25) is 0 Å². The molecule has 0 radical (unpaired) electrons. The maximum atomic E-state index is 12.5. The van der Waals surface area contributed by atoms with Gasteiger partial charge in [-0.1, -0.05) is 18.2 Å². The second-order valence-electron chi connectivity index (χ2n) is 5.76. The number of hydrogen-bond acceptors (Lipinski definition) is 5. The lowest BCUT2D eigenvalue weighted by Crippen LogP contribution is -2.27. The molecule has 0 saturated heterocycles. The molecule has 7 heteroatoms. The van der Waals surface area contributed by atoms with Gasteiger partial charge in [0.05, 0.1) is 17.1 Å². The SMILES string of the molecule is Cc1nc(Oc2ccccc2)nc(C)c1NC(=O)c1cccn(C)c1=O. The number of anilines is 1. The van der Waals surface area contributed by atoms with E-state index in [-0.39, 0.29) is 17.1 Å². The number of aromatic nitrogens is 3. The van der Waals surface area contributed by atoms with Crippen LogP contribution >= 0.6 is 0 Å². The molecule has 0 spiro atoms. The fourth-order valence-corrected chi connectivity index (χ4v) is 2.46. The molecular weight excluding hydrogens is 332 g/mol. The summed E-state index contributed by atoms with van der Waals surface area (Å²) in [5.41, 5.74) is 1.24. The van der Waals surface area contributed by atoms with Gasteiger partial charge in [0.1, 0.15) is 11.3 Å². The minimum atomic E-state index is -0.502. The Morgan fingerprint density at radius 1 is 1.04 bits per heavy atom. The predicted molar refractivity (Wildman–Crippen MR) is 97.7 cm³/mol. The monoisotopic (exact) mass is 350 g/mol. The van der Waals surface area contributed by atoms with E-state index in [1.807, 2.05) is 18.2 Å². The van der Waals surface area contributed by atoms with Crippen molar-refractivity contribution in [3.8, 4) is 11.8 Å². The summed E-state index contributed by atoms with van der Waals surface area (Å²) in [5.74, 6) is 0.119. The molecule has 26 heavy (non-hydrogen) atoms. The summed E-state index contributed by atoms with van der Waals surface area (Å²) in [6, 6.07) is 12.5. The largest absolute Gasteiger partial charge is 0.424 e. The standard InChI is InChI=1S/C19H18N4O3/c1-12-16(22-17(24)15-10-7-11-23(3)18(15)25)13(2)21-19(20-12)26-14-8-5-4-6-9-14/h4-11H,1-3H3,(H,22,24). The number of rotatable bonds is 4. The lowest BCUT2D eigenvalue weighted by Gasteiger charge is -2.12. The van der Waals surface area contributed by atoms with E-state index >= 15 is 0 Å². The van der Waals surface area contributed by atoms with Crippen LogP contribution < -0.4 is 15.6 Å². The minimum Gasteiger partial charge on any atom is -0.424 e. The average Bonchev–Trinajstić information content (AvgIpc) is 2.61. The predicted octanol–water partition coefficient (Wildman–Crippen LogP) is 2.84. The fourth-order valence-electron chi connectivity index (χ4n) is 2.46. The van der Waals surface area contributed by atoms with E-state index < -0.39 is 5.91 Å². The Labute approximate surface area is 150 Å². The summed E-state index contributed by atoms with van der Waals surface area (Å²) in [4.78, 5) is 33.1. The van der Waals surface area contributed by atoms with E-state index in [9.17, 15) is 9.59 Å². The van der Waals surface area contributed by atoms with Crippen LogP contribution in [-0.2, 0) is 7.05 Å². The third kappa shape index (κ3) is 3.61. The Morgan fingerprint density at radius 2 is 1.69 bits per heavy atom. The first-order chi connectivity index (χ1) is 12.5. The molecule has 0 bridgehead atoms. The highest BCUT2D eigenvalue weighted by Crippen LogP contribution is 2.23. The molecule has 7 nitrogen and oxygen atoms in total. The molecule has 0 fully saturated rings. The van der Waals surface area contributed by atoms with Gasteiger partial charge < -0.3 is 14.6 Å². The summed E-state index contributed by atoms with van der Waals surface area (Å²) in [5, 5.41) is 2.72. The smallest absolute Gasteiger partial charge is 0.322 e. The second-order valence-corrected chi connectivity index (χ2v) is 5.76. The van der Waals surface area contributed by atoms with Gasteiger partial charge >= 0.3 is 6.01 Å². The molecule has 1 aromatic carbocycles. The number of amides is 1. The van der Waals surface area contributed by atoms with Crippen molar-refractivity contribution in [2.24, 2.45) is 7.05 Å². The number of nitrogens with one attached hydrogen (secondary N) is 1. The average molecular weight is 350 g/mol. The van der Waals surface area contributed by atoms with E-state index in [0.29, 0.717) is 22.8 Å². The summed E-state index contributed by atoms with van der Waals surface area (Å²) in [6.07, 6.45) is 1.59. The lowest BCUT2D eigenvalue weighted by atomic mass is 10.2. The second kappa shape index (κ2) is 7.18. The Kier molecular flexibility index (Phi) is 4.79. The highest BCUT2D eigenvalue weighted by molar-refractivity contribution is 6.04. The highest BCUT2D eigenvalue weighted by Gasteiger charge is 2.16. The van der Waals surface area contributed by atoms with Crippen molar-refractivity contribution in [1.82, 2.24) is 14.5 Å². The summed E-state index contributed by atoms with van der Waals surface area (Å²) < 4.78 is 6.98. The van der Waals surface area contributed by atoms with Gasteiger partial charge in [-0.25, -0.2) is 0 Å². The zero-order chi connectivity index (χ0) is 18.7. The number of pyridine rings is 1. The van der Waals surface area contributed by atoms with Gasteiger partial charge in [0, 0.05) is 13.2 Å². The van der Waals surface area contributed by atoms with Crippen molar-refractivity contribution in [3.63, 3.8) is 0 Å². The fraction of sp³-hybridized carbons (Fsp3) is 0.158. The number of ether oxygens (including phenoxy) is 1. The normalized spacial score (nSPS) is 10.4. The number of carbonyl (C=O) groups is 1. The quantitative estimate of drug-likeness (QED) is 0.782. The molecule has 3 rings (SSSR count). The first kappa shape index (κ1) is 17.3. The van der Waals surface area contributed by atoms with Crippen LogP contribution in [0.25, 0.3) is 0 Å². The Hall–Kier alpha value is -3.48. The number of hydrogen-bond donors (Lipinski definition) is 1. The van der Waals surface area contributed by atoms with E-state index in [1.54, 1.807) is 45.3 Å². The molecule has 132 valence electrons. The topological polar surface area (TPSA) is 86.1 Å². The van der Waals surface area contributed by atoms with Gasteiger partial charge in [0.15, 0.2) is 0 Å². The Bertz CT molecular complexity index is 990. The van der Waals surface area contributed by atoms with Gasteiger partial charge in [0.2, 0.25) is 0 Å². The molecule has 0 unspecified atom stereocenters. The molecular formula is C19H18N4O3. The van der Waals surface area contributed by atoms with Gasteiger partial charge in [-0.3, -0.25) is 9.59 Å². The summed E-state index contributed by atoms with van der Waals surface area (Å²) in [6.45, 7) is 3.48. The number of carbonyl (C=O) groups excluding carboxylic acids is 1. The van der Waals surface area contributed by atoms with Crippen LogP contribution in [0.1, 0.15) is 21.7 Å². The zero-order valence-electron chi connectivity index (χ0n) is 14.7. The maximum Gasteiger partial charge on any atom is 0.322 e. The molecule has 2 heterocycles. The lowest BCUT2D eigenvalue weighted by molar-refractivity contribution is 0.102. The zero-order valence-corrected chi connectivity index (χ0v) is 14.7. The highest BCUT2D eigenvalue weighted by atomic mass is 16.5. The molecule has 0 aliphatic carbocycles. The molecule has 3 aromatic rings. The van der Waals surface area contributed by atoms with Crippen molar-refractivity contribution >= 4 is 11.6 Å². The molecule has 0 aliphatic heterocycles. The molecule has 1 N–H and O–H groups in total. The van der Waals surface area contributed by atoms with E-state index in [2.05, 4.69) is 15.3 Å². The number of aryl methyl sites for hydroxylation is 3. The molecule has 2 aromatic heterocycles. The van der Waals surface area contributed by atoms with Crippen molar-refractivity contribution in [2.45, 2.75) is 13.8 Å². The van der Waals surface area contributed by atoms with Crippen molar-refractivity contribution in [3.05, 3.63) is 76.0 Å². The Balaban J connectivity index is 1.86. The van der Waals surface area contributed by atoms with Crippen molar-refractivity contribution in [1.29, 1.82) is 0 Å². The van der Waals surface area contributed by atoms with Crippen LogP contribution in [0.4, 0.5) is 5.69 Å². The van der Waals surface area contributed by atoms with E-state index in [0.717, 1.165) is 0 Å². The van der Waals surface area contributed by atoms with Crippen LogP contribution in [0, 0.1) is 13.8 Å². The molecule has 0 atom stereocenters. The third-order valence-corrected chi connectivity index (χ3v) is 3.81. The first-order valence-corrected chi connectivity index (χ1v) is 8.01. The van der Waals surface area contributed by atoms with Gasteiger partial charge in [-0.05, 0) is 38.1 Å². The van der Waals surface area contributed by atoms with E-state index in [4.69, 9.17) is 4.74 Å². The molecule has 0 saturated carbocycles. The molecule has 0 aliphatic rings. The molecule has 1 amide bonds. The van der Waals surface area contributed by atoms with Gasteiger partial charge in [-0.2, -0.15) is 9.97 Å². The van der Waals surface area contributed by atoms with Gasteiger partial charge in [-0.15, -0.1) is 0 Å². The van der Waals surface area contributed by atoms with Gasteiger partial charge in [0.25, 0.3) is 11.5 Å². The van der Waals surface area contributed by atoms with Crippen LogP contribution in [0.5, 0.6) is 11.8 Å². The summed E-state index contributed by atoms with van der Waals surface area (Å²) in [7, 11) is 1.59. The van der Waals surface area contributed by atoms with Crippen LogP contribution in [0.3, 0.4) is 0 Å². The van der Waals surface area contributed by atoms with Crippen molar-refractivity contribution in [2.75, 3.05) is 5.32 Å². The first-order valence-electron chi connectivity index (χ1n) is 8.01. The van der Waals surface area contributed by atoms with Crippen LogP contribution in [0.15, 0.2) is 53.5 Å².